The van der Waals surface area contributed by atoms with Crippen molar-refractivity contribution in [1.29, 1.82) is 0 Å². The zero-order chi connectivity index (χ0) is 7.56. The first-order valence-corrected chi connectivity index (χ1v) is 5.42. The molecular formula is C5H6Br2O2S. The van der Waals surface area contributed by atoms with Crippen molar-refractivity contribution in [3.63, 3.8) is 0 Å². The maximum absolute atomic E-state index is 5.15. The summed E-state index contributed by atoms with van der Waals surface area (Å²) in [5.74, 6) is 0. The largest absolute Gasteiger partial charge is 0.449 e. The Morgan fingerprint density at radius 3 is 1.90 bits per heavy atom. The lowest BCUT2D eigenvalue weighted by Gasteiger charge is -2.08. The van der Waals surface area contributed by atoms with Crippen molar-refractivity contribution in [2.75, 3.05) is 10.7 Å². The van der Waals surface area contributed by atoms with Crippen molar-refractivity contribution in [2.24, 2.45) is 0 Å². The summed E-state index contributed by atoms with van der Waals surface area (Å²) in [6.07, 6.45) is 0.124. The molecule has 0 aliphatic carbocycles. The fourth-order valence-corrected chi connectivity index (χ4v) is 2.03. The topological polar surface area (TPSA) is 18.5 Å². The van der Waals surface area contributed by atoms with Gasteiger partial charge in [0, 0.05) is 22.9 Å². The van der Waals surface area contributed by atoms with Gasteiger partial charge in [0.25, 0.3) is 0 Å². The number of alkyl halides is 2. The summed E-state index contributed by atoms with van der Waals surface area (Å²) in [6, 6.07) is 0. The Labute approximate surface area is 81.5 Å². The molecule has 0 radical (unpaired) electrons. The monoisotopic (exact) mass is 288 g/mol. The van der Waals surface area contributed by atoms with E-state index >= 15 is 0 Å². The molecule has 2 atom stereocenters. The molecular weight excluding hydrogens is 284 g/mol. The molecule has 2 nitrogen and oxygen atoms in total. The summed E-state index contributed by atoms with van der Waals surface area (Å²) in [6.45, 7) is 0. The lowest BCUT2D eigenvalue weighted by atomic mass is 10.3. The summed E-state index contributed by atoms with van der Waals surface area (Å²) in [4.78, 5) is 0. The molecule has 5 heteroatoms. The predicted octanol–water partition coefficient (Wildman–Crippen LogP) is 1.85. The minimum atomic E-state index is 0.0619. The van der Waals surface area contributed by atoms with Crippen LogP contribution in [0.5, 0.6) is 0 Å². The van der Waals surface area contributed by atoms with Crippen molar-refractivity contribution in [3.8, 4) is 0 Å². The van der Waals surface area contributed by atoms with Crippen LogP contribution in [0.15, 0.2) is 0 Å². The van der Waals surface area contributed by atoms with Crippen LogP contribution < -0.4 is 0 Å². The minimum absolute atomic E-state index is 0.0619. The fraction of sp³-hybridized carbons (Fsp3) is 0.800. The molecule has 1 aliphatic heterocycles. The molecule has 0 N–H and O–H groups in total. The Bertz CT molecular complexity index is 128. The number of rotatable bonds is 2. The van der Waals surface area contributed by atoms with Gasteiger partial charge in [0.15, 0.2) is 12.2 Å². The van der Waals surface area contributed by atoms with Crippen LogP contribution in [0.3, 0.4) is 0 Å². The third kappa shape index (κ3) is 1.83. The summed E-state index contributed by atoms with van der Waals surface area (Å²) in [5, 5.41) is 1.76. The van der Waals surface area contributed by atoms with E-state index in [1.807, 2.05) is 0 Å². The molecule has 1 rings (SSSR count). The zero-order valence-corrected chi connectivity index (χ0v) is 9.04. The maximum Gasteiger partial charge on any atom is 0.353 e. The molecule has 2 unspecified atom stereocenters. The number of hydrogen-bond acceptors (Lipinski definition) is 3. The van der Waals surface area contributed by atoms with E-state index in [0.29, 0.717) is 0 Å². The van der Waals surface area contributed by atoms with E-state index in [4.69, 9.17) is 21.7 Å². The van der Waals surface area contributed by atoms with Gasteiger partial charge in [0.1, 0.15) is 0 Å². The maximum atomic E-state index is 5.15. The number of thiocarbonyl (C=S) groups is 1. The Hall–Kier alpha value is 0.650. The van der Waals surface area contributed by atoms with Gasteiger partial charge in [-0.2, -0.15) is 0 Å². The SMILES string of the molecule is S=C1OC(CBr)C(CBr)O1. The van der Waals surface area contributed by atoms with Crippen molar-refractivity contribution < 1.29 is 9.47 Å². The van der Waals surface area contributed by atoms with Crippen LogP contribution in [0, 0.1) is 0 Å². The van der Waals surface area contributed by atoms with Gasteiger partial charge in [0.2, 0.25) is 0 Å². The van der Waals surface area contributed by atoms with Crippen LogP contribution in [0.2, 0.25) is 0 Å². The first kappa shape index (κ1) is 8.74. The highest BCUT2D eigenvalue weighted by Gasteiger charge is 2.32. The van der Waals surface area contributed by atoms with E-state index in [2.05, 4.69) is 31.9 Å². The average Bonchev–Trinajstić information content (AvgIpc) is 2.30. The Balaban J connectivity index is 2.48. The summed E-state index contributed by atoms with van der Waals surface area (Å²) in [5.41, 5.74) is 0. The fourth-order valence-electron chi connectivity index (χ4n) is 0.688. The second-order valence-corrected chi connectivity index (χ2v) is 3.50. The molecule has 0 aromatic rings. The van der Waals surface area contributed by atoms with Crippen LogP contribution >= 0.6 is 44.1 Å². The number of hydrogen-bond donors (Lipinski definition) is 0. The van der Waals surface area contributed by atoms with E-state index in [1.54, 1.807) is 0 Å². The van der Waals surface area contributed by atoms with E-state index in [1.165, 1.54) is 0 Å². The molecule has 1 saturated heterocycles. The zero-order valence-electron chi connectivity index (χ0n) is 5.05. The van der Waals surface area contributed by atoms with Crippen molar-refractivity contribution in [2.45, 2.75) is 12.2 Å². The second kappa shape index (κ2) is 3.88. The normalized spacial score (nSPS) is 31.6. The quantitative estimate of drug-likeness (QED) is 0.571. The molecule has 0 bridgehead atoms. The number of ether oxygens (including phenoxy) is 2. The van der Waals surface area contributed by atoms with Crippen LogP contribution in [0.25, 0.3) is 0 Å². The van der Waals surface area contributed by atoms with E-state index in [9.17, 15) is 0 Å². The highest BCUT2D eigenvalue weighted by Crippen LogP contribution is 2.18. The third-order valence-electron chi connectivity index (χ3n) is 1.21. The van der Waals surface area contributed by atoms with Gasteiger partial charge in [-0.3, -0.25) is 0 Å². The molecule has 0 saturated carbocycles. The van der Waals surface area contributed by atoms with Crippen molar-refractivity contribution >= 4 is 49.3 Å². The number of halogens is 2. The molecule has 1 heterocycles. The van der Waals surface area contributed by atoms with Gasteiger partial charge in [0.05, 0.1) is 0 Å². The van der Waals surface area contributed by atoms with Crippen LogP contribution in [-0.2, 0) is 9.47 Å². The third-order valence-corrected chi connectivity index (χ3v) is 2.68. The van der Waals surface area contributed by atoms with Gasteiger partial charge in [-0.15, -0.1) is 0 Å². The average molecular weight is 290 g/mol. The summed E-state index contributed by atoms with van der Waals surface area (Å²) >= 11 is 11.3. The van der Waals surface area contributed by atoms with Gasteiger partial charge in [-0.1, -0.05) is 31.9 Å². The summed E-state index contributed by atoms with van der Waals surface area (Å²) in [7, 11) is 0. The molecule has 1 fully saturated rings. The van der Waals surface area contributed by atoms with Gasteiger partial charge in [-0.25, -0.2) is 0 Å². The van der Waals surface area contributed by atoms with E-state index in [-0.39, 0.29) is 17.4 Å². The minimum Gasteiger partial charge on any atom is -0.449 e. The van der Waals surface area contributed by atoms with Gasteiger partial charge in [-0.05, 0) is 0 Å². The second-order valence-electron chi connectivity index (χ2n) is 1.87. The molecule has 0 aromatic carbocycles. The van der Waals surface area contributed by atoms with Gasteiger partial charge < -0.3 is 9.47 Å². The molecule has 1 aliphatic rings. The lowest BCUT2D eigenvalue weighted by molar-refractivity contribution is 0.197. The van der Waals surface area contributed by atoms with Crippen molar-refractivity contribution in [3.05, 3.63) is 0 Å². The van der Waals surface area contributed by atoms with Crippen LogP contribution in [0.4, 0.5) is 0 Å². The first-order chi connectivity index (χ1) is 4.77. The van der Waals surface area contributed by atoms with E-state index < -0.39 is 0 Å². The van der Waals surface area contributed by atoms with E-state index in [0.717, 1.165) is 10.7 Å². The molecule has 10 heavy (non-hydrogen) atoms. The smallest absolute Gasteiger partial charge is 0.353 e. The molecule has 0 spiro atoms. The molecule has 58 valence electrons. The Kier molecular flexibility index (Phi) is 3.39. The molecule has 0 amide bonds. The van der Waals surface area contributed by atoms with Gasteiger partial charge >= 0.3 is 5.24 Å². The highest BCUT2D eigenvalue weighted by atomic mass is 79.9. The lowest BCUT2D eigenvalue weighted by Crippen LogP contribution is -2.24. The Morgan fingerprint density at radius 2 is 1.60 bits per heavy atom. The molecule has 0 aromatic heterocycles. The highest BCUT2D eigenvalue weighted by molar-refractivity contribution is 9.09. The van der Waals surface area contributed by atoms with Crippen LogP contribution in [0.1, 0.15) is 0 Å². The van der Waals surface area contributed by atoms with Crippen molar-refractivity contribution in [1.82, 2.24) is 0 Å². The standard InChI is InChI=1S/C5H6Br2O2S/c6-1-3-4(2-7)9-5(10)8-3/h3-4H,1-2H2. The first-order valence-electron chi connectivity index (χ1n) is 2.77. The summed E-state index contributed by atoms with van der Waals surface area (Å²) < 4.78 is 10.3. The Morgan fingerprint density at radius 1 is 1.20 bits per heavy atom. The predicted molar refractivity (Wildman–Crippen MR) is 49.9 cm³/mol. The van der Waals surface area contributed by atoms with Crippen LogP contribution in [-0.4, -0.2) is 28.1 Å².